The summed E-state index contributed by atoms with van der Waals surface area (Å²) in [4.78, 5) is 0. The molecule has 0 unspecified atom stereocenters. The number of nitrogens with one attached hydrogen (secondary N) is 1. The molecule has 0 aliphatic heterocycles. The minimum absolute atomic E-state index is 0.0643. The minimum atomic E-state index is 0.0643. The van der Waals surface area contributed by atoms with Gasteiger partial charge in [-0.05, 0) is 18.4 Å². The summed E-state index contributed by atoms with van der Waals surface area (Å²) < 4.78 is 0. The van der Waals surface area contributed by atoms with E-state index in [0.717, 1.165) is 13.1 Å². The molecule has 3 N–H and O–H groups in total. The Kier molecular flexibility index (Phi) is 3.39. The lowest BCUT2D eigenvalue weighted by atomic mass is 9.99. The van der Waals surface area contributed by atoms with E-state index in [2.05, 4.69) is 29.6 Å². The van der Waals surface area contributed by atoms with E-state index in [0.29, 0.717) is 0 Å². The van der Waals surface area contributed by atoms with Crippen LogP contribution < -0.4 is 11.1 Å². The van der Waals surface area contributed by atoms with Gasteiger partial charge in [0.25, 0.3) is 0 Å². The van der Waals surface area contributed by atoms with Crippen molar-refractivity contribution in [1.82, 2.24) is 5.32 Å². The van der Waals surface area contributed by atoms with Crippen molar-refractivity contribution in [3.63, 3.8) is 0 Å². The van der Waals surface area contributed by atoms with E-state index in [1.54, 1.807) is 0 Å². The second-order valence-electron chi connectivity index (χ2n) is 4.66. The van der Waals surface area contributed by atoms with Crippen LogP contribution in [0.1, 0.15) is 31.2 Å². The van der Waals surface area contributed by atoms with Crippen LogP contribution in [-0.4, -0.2) is 12.1 Å². The SMILES string of the molecule is NC1(CNCc2ccccc2)CCCC1. The van der Waals surface area contributed by atoms with Gasteiger partial charge >= 0.3 is 0 Å². The highest BCUT2D eigenvalue weighted by molar-refractivity contribution is 5.14. The molecule has 1 fully saturated rings. The van der Waals surface area contributed by atoms with Gasteiger partial charge in [0.05, 0.1) is 0 Å². The third kappa shape index (κ3) is 3.05. The minimum Gasteiger partial charge on any atom is -0.324 e. The first-order valence-electron chi connectivity index (χ1n) is 5.82. The highest BCUT2D eigenvalue weighted by Gasteiger charge is 2.28. The molecule has 1 aromatic carbocycles. The Labute approximate surface area is 91.9 Å². The van der Waals surface area contributed by atoms with Crippen molar-refractivity contribution in [1.29, 1.82) is 0 Å². The molecule has 15 heavy (non-hydrogen) atoms. The topological polar surface area (TPSA) is 38.0 Å². The predicted molar refractivity (Wildman–Crippen MR) is 63.5 cm³/mol. The average molecular weight is 204 g/mol. The average Bonchev–Trinajstić information content (AvgIpc) is 2.67. The normalized spacial score (nSPS) is 19.3. The summed E-state index contributed by atoms with van der Waals surface area (Å²) in [6, 6.07) is 10.5. The third-order valence-electron chi connectivity index (χ3n) is 3.25. The van der Waals surface area contributed by atoms with Crippen LogP contribution in [0.3, 0.4) is 0 Å². The van der Waals surface area contributed by atoms with Crippen molar-refractivity contribution < 1.29 is 0 Å². The first kappa shape index (κ1) is 10.7. The summed E-state index contributed by atoms with van der Waals surface area (Å²) in [7, 11) is 0. The fourth-order valence-corrected chi connectivity index (χ4v) is 2.31. The summed E-state index contributed by atoms with van der Waals surface area (Å²) in [5.41, 5.74) is 7.66. The van der Waals surface area contributed by atoms with Crippen LogP contribution >= 0.6 is 0 Å². The van der Waals surface area contributed by atoms with Crippen LogP contribution in [0.2, 0.25) is 0 Å². The first-order chi connectivity index (χ1) is 7.29. The van der Waals surface area contributed by atoms with Crippen LogP contribution in [0.25, 0.3) is 0 Å². The summed E-state index contributed by atoms with van der Waals surface area (Å²) in [5.74, 6) is 0. The van der Waals surface area contributed by atoms with Gasteiger partial charge in [-0.15, -0.1) is 0 Å². The fraction of sp³-hybridized carbons (Fsp3) is 0.538. The highest BCUT2D eigenvalue weighted by Crippen LogP contribution is 2.26. The number of hydrogen-bond donors (Lipinski definition) is 2. The standard InChI is InChI=1S/C13H20N2/c14-13(8-4-5-9-13)11-15-10-12-6-2-1-3-7-12/h1-3,6-7,15H,4-5,8-11,14H2. The van der Waals surface area contributed by atoms with Gasteiger partial charge in [-0.25, -0.2) is 0 Å². The highest BCUT2D eigenvalue weighted by atomic mass is 14.9. The van der Waals surface area contributed by atoms with Crippen LogP contribution in [0, 0.1) is 0 Å². The van der Waals surface area contributed by atoms with Gasteiger partial charge in [0.15, 0.2) is 0 Å². The second kappa shape index (κ2) is 4.77. The van der Waals surface area contributed by atoms with Crippen LogP contribution in [0.4, 0.5) is 0 Å². The van der Waals surface area contributed by atoms with E-state index in [4.69, 9.17) is 5.73 Å². The van der Waals surface area contributed by atoms with Crippen molar-refractivity contribution in [2.45, 2.75) is 37.8 Å². The Hall–Kier alpha value is -0.860. The molecule has 0 radical (unpaired) electrons. The molecule has 0 saturated heterocycles. The van der Waals surface area contributed by atoms with E-state index in [9.17, 15) is 0 Å². The van der Waals surface area contributed by atoms with Crippen molar-refractivity contribution in [3.05, 3.63) is 35.9 Å². The molecule has 1 saturated carbocycles. The molecule has 0 bridgehead atoms. The Morgan fingerprint density at radius 1 is 1.13 bits per heavy atom. The fourth-order valence-electron chi connectivity index (χ4n) is 2.31. The van der Waals surface area contributed by atoms with Crippen LogP contribution in [0.5, 0.6) is 0 Å². The molecule has 0 atom stereocenters. The van der Waals surface area contributed by atoms with Crippen molar-refractivity contribution in [2.75, 3.05) is 6.54 Å². The lowest BCUT2D eigenvalue weighted by molar-refractivity contribution is 0.404. The third-order valence-corrected chi connectivity index (χ3v) is 3.25. The maximum absolute atomic E-state index is 6.26. The van der Waals surface area contributed by atoms with E-state index in [1.807, 2.05) is 6.07 Å². The molecule has 2 heteroatoms. The molecule has 0 spiro atoms. The Morgan fingerprint density at radius 2 is 1.80 bits per heavy atom. The molecule has 1 aliphatic carbocycles. The van der Waals surface area contributed by atoms with Gasteiger partial charge in [-0.1, -0.05) is 43.2 Å². The predicted octanol–water partition coefficient (Wildman–Crippen LogP) is 2.05. The lowest BCUT2D eigenvalue weighted by Gasteiger charge is -2.23. The smallest absolute Gasteiger partial charge is 0.0280 e. The molecule has 1 aromatic rings. The lowest BCUT2D eigenvalue weighted by Crippen LogP contribution is -2.46. The van der Waals surface area contributed by atoms with Gasteiger partial charge in [0.2, 0.25) is 0 Å². The van der Waals surface area contributed by atoms with Crippen molar-refractivity contribution in [3.8, 4) is 0 Å². The molecule has 2 rings (SSSR count). The molecular formula is C13H20N2. The summed E-state index contributed by atoms with van der Waals surface area (Å²) in [6.07, 6.45) is 4.94. The maximum Gasteiger partial charge on any atom is 0.0280 e. The molecule has 0 aromatic heterocycles. The zero-order chi connectivity index (χ0) is 10.6. The number of nitrogens with two attached hydrogens (primary N) is 1. The van der Waals surface area contributed by atoms with E-state index in [1.165, 1.54) is 31.2 Å². The van der Waals surface area contributed by atoms with Gasteiger partial charge in [0, 0.05) is 18.6 Å². The van der Waals surface area contributed by atoms with Gasteiger partial charge in [-0.3, -0.25) is 0 Å². The molecule has 0 amide bonds. The molecular weight excluding hydrogens is 184 g/mol. The Morgan fingerprint density at radius 3 is 2.47 bits per heavy atom. The first-order valence-corrected chi connectivity index (χ1v) is 5.82. The molecule has 0 heterocycles. The number of rotatable bonds is 4. The maximum atomic E-state index is 6.26. The quantitative estimate of drug-likeness (QED) is 0.787. The largest absolute Gasteiger partial charge is 0.324 e. The van der Waals surface area contributed by atoms with Gasteiger partial charge < -0.3 is 11.1 Å². The number of benzene rings is 1. The zero-order valence-corrected chi connectivity index (χ0v) is 9.21. The van der Waals surface area contributed by atoms with Crippen LogP contribution in [-0.2, 0) is 6.54 Å². The van der Waals surface area contributed by atoms with E-state index >= 15 is 0 Å². The summed E-state index contributed by atoms with van der Waals surface area (Å²) in [5, 5.41) is 3.46. The summed E-state index contributed by atoms with van der Waals surface area (Å²) in [6.45, 7) is 1.88. The van der Waals surface area contributed by atoms with Crippen LogP contribution in [0.15, 0.2) is 30.3 Å². The van der Waals surface area contributed by atoms with Crippen molar-refractivity contribution >= 4 is 0 Å². The Balaban J connectivity index is 1.75. The molecule has 1 aliphatic rings. The Bertz CT molecular complexity index is 289. The van der Waals surface area contributed by atoms with Gasteiger partial charge in [0.1, 0.15) is 0 Å². The monoisotopic (exact) mass is 204 g/mol. The second-order valence-corrected chi connectivity index (χ2v) is 4.66. The van der Waals surface area contributed by atoms with Gasteiger partial charge in [-0.2, -0.15) is 0 Å². The molecule has 2 nitrogen and oxygen atoms in total. The zero-order valence-electron chi connectivity index (χ0n) is 9.21. The number of hydrogen-bond acceptors (Lipinski definition) is 2. The van der Waals surface area contributed by atoms with Crippen molar-refractivity contribution in [2.24, 2.45) is 5.73 Å². The molecule has 82 valence electrons. The summed E-state index contributed by atoms with van der Waals surface area (Å²) >= 11 is 0. The van der Waals surface area contributed by atoms with E-state index < -0.39 is 0 Å². The van der Waals surface area contributed by atoms with E-state index in [-0.39, 0.29) is 5.54 Å².